The lowest BCUT2D eigenvalue weighted by molar-refractivity contribution is 0.317. The maximum Gasteiger partial charge on any atom is 0.399 e. The van der Waals surface area contributed by atoms with Crippen LogP contribution in [0.2, 0.25) is 0 Å². The highest BCUT2D eigenvalue weighted by Gasteiger charge is 2.11. The van der Waals surface area contributed by atoms with Gasteiger partial charge in [-0.1, -0.05) is 26.0 Å². The van der Waals surface area contributed by atoms with Gasteiger partial charge in [0.1, 0.15) is 6.26 Å². The largest absolute Gasteiger partial charge is 0.417 e. The fourth-order valence-corrected chi connectivity index (χ4v) is 1.52. The molecular weight excluding hydrogens is 247 g/mol. The van der Waals surface area contributed by atoms with Crippen LogP contribution in [0.25, 0.3) is 0 Å². The molecule has 0 unspecified atom stereocenters. The summed E-state index contributed by atoms with van der Waals surface area (Å²) in [6, 6.07) is 5.29. The van der Waals surface area contributed by atoms with Gasteiger partial charge in [-0.05, 0) is 18.6 Å². The molecule has 1 aromatic heterocycles. The lowest BCUT2D eigenvalue weighted by Crippen LogP contribution is -2.21. The molecule has 0 aliphatic heterocycles. The summed E-state index contributed by atoms with van der Waals surface area (Å²) in [4.78, 5) is 4.13. The maximum absolute atomic E-state index is 13.7. The Morgan fingerprint density at radius 2 is 2.21 bits per heavy atom. The Labute approximate surface area is 111 Å². The van der Waals surface area contributed by atoms with Gasteiger partial charge >= 0.3 is 6.08 Å². The van der Waals surface area contributed by atoms with E-state index >= 15 is 0 Å². The van der Waals surface area contributed by atoms with Crippen LogP contribution in [0.3, 0.4) is 0 Å². The number of benzene rings is 1. The van der Waals surface area contributed by atoms with Gasteiger partial charge < -0.3 is 14.5 Å². The van der Waals surface area contributed by atoms with Crippen LogP contribution in [-0.4, -0.2) is 11.0 Å². The van der Waals surface area contributed by atoms with Crippen molar-refractivity contribution in [2.75, 3.05) is 0 Å². The van der Waals surface area contributed by atoms with Gasteiger partial charge in [-0.2, -0.15) is 4.98 Å². The summed E-state index contributed by atoms with van der Waals surface area (Å²) in [5.41, 5.74) is 1.24. The highest BCUT2D eigenvalue weighted by atomic mass is 19.1. The molecule has 0 atom stereocenters. The van der Waals surface area contributed by atoms with E-state index in [1.54, 1.807) is 25.1 Å². The zero-order valence-electron chi connectivity index (χ0n) is 11.2. The predicted molar refractivity (Wildman–Crippen MR) is 69.7 cm³/mol. The molecule has 0 aliphatic rings. The fraction of sp³-hybridized carbons (Fsp3) is 0.357. The topological polar surface area (TPSA) is 47.3 Å². The van der Waals surface area contributed by atoms with E-state index in [9.17, 15) is 4.39 Å². The molecular formula is C14H17FN2O2. The number of hydrogen-bond acceptors (Lipinski definition) is 4. The number of aromatic nitrogens is 1. The fourth-order valence-electron chi connectivity index (χ4n) is 1.52. The zero-order chi connectivity index (χ0) is 13.8. The third-order valence-corrected chi connectivity index (χ3v) is 2.58. The van der Waals surface area contributed by atoms with E-state index in [1.165, 1.54) is 6.26 Å². The molecule has 19 heavy (non-hydrogen) atoms. The summed E-state index contributed by atoms with van der Waals surface area (Å²) >= 11 is 0. The van der Waals surface area contributed by atoms with E-state index in [4.69, 9.17) is 9.15 Å². The van der Waals surface area contributed by atoms with E-state index in [1.807, 2.05) is 13.8 Å². The molecule has 0 bridgehead atoms. The summed E-state index contributed by atoms with van der Waals surface area (Å²) in [6.07, 6.45) is 1.54. The summed E-state index contributed by atoms with van der Waals surface area (Å²) < 4.78 is 24.2. The van der Waals surface area contributed by atoms with Crippen molar-refractivity contribution in [1.29, 1.82) is 0 Å². The van der Waals surface area contributed by atoms with Crippen molar-refractivity contribution in [3.8, 4) is 11.8 Å². The number of halogens is 1. The van der Waals surface area contributed by atoms with Crippen LogP contribution in [0.5, 0.6) is 11.8 Å². The van der Waals surface area contributed by atoms with Gasteiger partial charge in [-0.25, -0.2) is 4.39 Å². The van der Waals surface area contributed by atoms with Crippen LogP contribution in [0.15, 0.2) is 28.9 Å². The number of aryl methyl sites for hydroxylation is 1. The van der Waals surface area contributed by atoms with Crippen molar-refractivity contribution in [2.24, 2.45) is 0 Å². The maximum atomic E-state index is 13.7. The smallest absolute Gasteiger partial charge is 0.399 e. The van der Waals surface area contributed by atoms with Gasteiger partial charge in [-0.15, -0.1) is 0 Å². The van der Waals surface area contributed by atoms with Crippen LogP contribution >= 0.6 is 0 Å². The quantitative estimate of drug-likeness (QED) is 0.899. The second-order valence-corrected chi connectivity index (χ2v) is 4.63. The first-order valence-corrected chi connectivity index (χ1v) is 6.17. The Bertz CT molecular complexity index is 552. The van der Waals surface area contributed by atoms with Crippen molar-refractivity contribution in [3.63, 3.8) is 0 Å². The molecule has 102 valence electrons. The molecule has 2 rings (SSSR count). The summed E-state index contributed by atoms with van der Waals surface area (Å²) in [5.74, 6) is -0.284. The first kappa shape index (κ1) is 13.5. The Hall–Kier alpha value is -1.88. The van der Waals surface area contributed by atoms with Gasteiger partial charge in [0, 0.05) is 12.6 Å². The first-order chi connectivity index (χ1) is 9.06. The van der Waals surface area contributed by atoms with Gasteiger partial charge in [0.05, 0.1) is 5.69 Å². The Morgan fingerprint density at radius 3 is 2.95 bits per heavy atom. The summed E-state index contributed by atoms with van der Waals surface area (Å²) in [6.45, 7) is 6.34. The normalized spacial score (nSPS) is 11.0. The highest BCUT2D eigenvalue weighted by molar-refractivity contribution is 5.31. The molecule has 0 spiro atoms. The minimum absolute atomic E-state index is 0.0463. The molecule has 1 aromatic carbocycles. The van der Waals surface area contributed by atoms with Crippen LogP contribution in [0, 0.1) is 12.7 Å². The second kappa shape index (κ2) is 5.84. The number of nitrogens with zero attached hydrogens (tertiary/aromatic N) is 1. The minimum atomic E-state index is -0.400. The summed E-state index contributed by atoms with van der Waals surface area (Å²) in [7, 11) is 0. The molecule has 0 fully saturated rings. The first-order valence-electron chi connectivity index (χ1n) is 6.17. The number of nitrogens with one attached hydrogen (secondary N) is 1. The van der Waals surface area contributed by atoms with Crippen LogP contribution < -0.4 is 10.1 Å². The Kier molecular flexibility index (Phi) is 4.16. The number of rotatable bonds is 5. The molecule has 0 saturated heterocycles. The Balaban J connectivity index is 2.05. The molecule has 0 amide bonds. The predicted octanol–water partition coefficient (Wildman–Crippen LogP) is 3.41. The third kappa shape index (κ3) is 3.54. The molecule has 5 heteroatoms. The van der Waals surface area contributed by atoms with Crippen LogP contribution in [0.4, 0.5) is 4.39 Å². The lowest BCUT2D eigenvalue weighted by atomic mass is 10.2. The van der Waals surface area contributed by atoms with E-state index in [0.29, 0.717) is 18.2 Å². The van der Waals surface area contributed by atoms with E-state index in [0.717, 1.165) is 5.69 Å². The zero-order valence-corrected chi connectivity index (χ0v) is 11.2. The number of hydrogen-bond donors (Lipinski definition) is 1. The number of ether oxygens (including phenoxy) is 1. The van der Waals surface area contributed by atoms with Crippen molar-refractivity contribution in [1.82, 2.24) is 10.3 Å². The standard InChI is InChI=1S/C14H17FN2O2/c1-9(2)16-7-11-8-18-14(17-11)19-12-6-4-5-10(3)13(12)15/h4-6,8-9,16H,7H2,1-3H3. The summed E-state index contributed by atoms with van der Waals surface area (Å²) in [5, 5.41) is 3.21. The van der Waals surface area contributed by atoms with Gasteiger partial charge in [0.2, 0.25) is 0 Å². The van der Waals surface area contributed by atoms with Crippen molar-refractivity contribution < 1.29 is 13.5 Å². The second-order valence-electron chi connectivity index (χ2n) is 4.63. The van der Waals surface area contributed by atoms with Crippen molar-refractivity contribution >= 4 is 0 Å². The molecule has 0 radical (unpaired) electrons. The van der Waals surface area contributed by atoms with Crippen LogP contribution in [-0.2, 0) is 6.54 Å². The van der Waals surface area contributed by atoms with Crippen molar-refractivity contribution in [2.45, 2.75) is 33.4 Å². The minimum Gasteiger partial charge on any atom is -0.417 e. The molecule has 4 nitrogen and oxygen atoms in total. The molecule has 0 saturated carbocycles. The Morgan fingerprint density at radius 1 is 1.42 bits per heavy atom. The SMILES string of the molecule is Cc1cccc(Oc2nc(CNC(C)C)co2)c1F. The third-order valence-electron chi connectivity index (χ3n) is 2.58. The van der Waals surface area contributed by atoms with E-state index in [-0.39, 0.29) is 11.8 Å². The average Bonchev–Trinajstić information content (AvgIpc) is 2.80. The molecule has 0 aliphatic carbocycles. The monoisotopic (exact) mass is 264 g/mol. The molecule has 1 N–H and O–H groups in total. The number of oxazole rings is 1. The molecule has 1 heterocycles. The highest BCUT2D eigenvalue weighted by Crippen LogP contribution is 2.25. The van der Waals surface area contributed by atoms with Gasteiger partial charge in [-0.3, -0.25) is 0 Å². The van der Waals surface area contributed by atoms with Crippen molar-refractivity contribution in [3.05, 3.63) is 41.5 Å². The molecule has 2 aromatic rings. The van der Waals surface area contributed by atoms with Gasteiger partial charge in [0.15, 0.2) is 11.6 Å². The van der Waals surface area contributed by atoms with Gasteiger partial charge in [0.25, 0.3) is 0 Å². The average molecular weight is 264 g/mol. The van der Waals surface area contributed by atoms with E-state index in [2.05, 4.69) is 10.3 Å². The van der Waals surface area contributed by atoms with Crippen LogP contribution in [0.1, 0.15) is 25.1 Å². The lowest BCUT2D eigenvalue weighted by Gasteiger charge is -2.04. The van der Waals surface area contributed by atoms with E-state index < -0.39 is 5.82 Å².